The molecule has 2 rings (SSSR count). The third-order valence-electron chi connectivity index (χ3n) is 2.65. The molecule has 3 heteroatoms. The summed E-state index contributed by atoms with van der Waals surface area (Å²) in [4.78, 5) is 4.46. The Bertz CT molecular complexity index is 521. The molecule has 0 saturated carbocycles. The molecule has 0 bridgehead atoms. The van der Waals surface area contributed by atoms with Gasteiger partial charge in [0.1, 0.15) is 5.75 Å². The molecule has 0 aliphatic rings. The Balaban J connectivity index is 1.93. The Labute approximate surface area is 114 Å². The van der Waals surface area contributed by atoms with Crippen LogP contribution in [0.2, 0.25) is 0 Å². The topological polar surface area (TPSA) is 34.1 Å². The van der Waals surface area contributed by atoms with Gasteiger partial charge >= 0.3 is 0 Å². The lowest BCUT2D eigenvalue weighted by Crippen LogP contribution is -2.05. The normalized spacial score (nSPS) is 10.5. The number of aryl methyl sites for hydroxylation is 1. The van der Waals surface area contributed by atoms with Gasteiger partial charge in [0.05, 0.1) is 18.3 Å². The number of pyridine rings is 1. The van der Waals surface area contributed by atoms with E-state index in [4.69, 9.17) is 4.74 Å². The average Bonchev–Trinajstić information content (AvgIpc) is 2.37. The summed E-state index contributed by atoms with van der Waals surface area (Å²) in [6, 6.07) is 14.1. The second-order valence-corrected chi connectivity index (χ2v) is 4.81. The van der Waals surface area contributed by atoms with E-state index in [1.807, 2.05) is 63.2 Å². The SMILES string of the molecule is Cc1cccc(CNc2ccc(OC(C)C)cc2)n1. The van der Waals surface area contributed by atoms with Crippen molar-refractivity contribution in [1.82, 2.24) is 4.98 Å². The Morgan fingerprint density at radius 1 is 1.11 bits per heavy atom. The van der Waals surface area contributed by atoms with Crippen LogP contribution in [0.3, 0.4) is 0 Å². The number of rotatable bonds is 5. The minimum absolute atomic E-state index is 0.204. The van der Waals surface area contributed by atoms with Crippen molar-refractivity contribution in [3.8, 4) is 5.75 Å². The molecule has 1 heterocycles. The molecule has 1 N–H and O–H groups in total. The van der Waals surface area contributed by atoms with Crippen LogP contribution in [0.1, 0.15) is 25.2 Å². The Hall–Kier alpha value is -2.03. The maximum atomic E-state index is 5.61. The molecule has 3 nitrogen and oxygen atoms in total. The van der Waals surface area contributed by atoms with Crippen molar-refractivity contribution in [3.05, 3.63) is 53.9 Å². The summed E-state index contributed by atoms with van der Waals surface area (Å²) < 4.78 is 5.61. The van der Waals surface area contributed by atoms with Crippen molar-refractivity contribution in [1.29, 1.82) is 0 Å². The Morgan fingerprint density at radius 3 is 2.47 bits per heavy atom. The summed E-state index contributed by atoms with van der Waals surface area (Å²) >= 11 is 0. The van der Waals surface area contributed by atoms with E-state index < -0.39 is 0 Å². The van der Waals surface area contributed by atoms with Gasteiger partial charge in [0.15, 0.2) is 0 Å². The summed E-state index contributed by atoms with van der Waals surface area (Å²) in [5.74, 6) is 0.897. The molecule has 0 aliphatic carbocycles. The number of benzene rings is 1. The van der Waals surface area contributed by atoms with Gasteiger partial charge in [-0.15, -0.1) is 0 Å². The summed E-state index contributed by atoms with van der Waals surface area (Å²) in [6.45, 7) is 6.78. The van der Waals surface area contributed by atoms with E-state index in [2.05, 4.69) is 10.3 Å². The highest BCUT2D eigenvalue weighted by molar-refractivity contribution is 5.46. The van der Waals surface area contributed by atoms with Crippen LogP contribution in [0.4, 0.5) is 5.69 Å². The van der Waals surface area contributed by atoms with E-state index in [1.54, 1.807) is 0 Å². The van der Waals surface area contributed by atoms with Gasteiger partial charge in [0, 0.05) is 11.4 Å². The first-order chi connectivity index (χ1) is 9.13. The Kier molecular flexibility index (Phi) is 4.39. The van der Waals surface area contributed by atoms with Crippen LogP contribution < -0.4 is 10.1 Å². The van der Waals surface area contributed by atoms with Gasteiger partial charge in [0.2, 0.25) is 0 Å². The second-order valence-electron chi connectivity index (χ2n) is 4.81. The molecule has 0 radical (unpaired) electrons. The molecule has 19 heavy (non-hydrogen) atoms. The third kappa shape index (κ3) is 4.28. The quantitative estimate of drug-likeness (QED) is 0.883. The fourth-order valence-corrected chi connectivity index (χ4v) is 1.81. The number of nitrogens with one attached hydrogen (secondary N) is 1. The molecular weight excluding hydrogens is 236 g/mol. The molecule has 0 fully saturated rings. The molecule has 0 aliphatic heterocycles. The first-order valence-corrected chi connectivity index (χ1v) is 6.56. The zero-order valence-corrected chi connectivity index (χ0v) is 11.7. The van der Waals surface area contributed by atoms with Crippen LogP contribution in [0.25, 0.3) is 0 Å². The highest BCUT2D eigenvalue weighted by atomic mass is 16.5. The van der Waals surface area contributed by atoms with Crippen molar-refractivity contribution in [2.45, 2.75) is 33.4 Å². The molecule has 0 saturated heterocycles. The molecule has 100 valence electrons. The summed E-state index contributed by atoms with van der Waals surface area (Å²) in [7, 11) is 0. The van der Waals surface area contributed by atoms with Crippen molar-refractivity contribution >= 4 is 5.69 Å². The van der Waals surface area contributed by atoms with E-state index in [1.165, 1.54) is 0 Å². The number of anilines is 1. The number of nitrogens with zero attached hydrogens (tertiary/aromatic N) is 1. The van der Waals surface area contributed by atoms with Crippen LogP contribution in [0, 0.1) is 6.92 Å². The fraction of sp³-hybridized carbons (Fsp3) is 0.312. The molecule has 0 atom stereocenters. The first-order valence-electron chi connectivity index (χ1n) is 6.56. The highest BCUT2D eigenvalue weighted by Crippen LogP contribution is 2.17. The van der Waals surface area contributed by atoms with Gasteiger partial charge in [-0.25, -0.2) is 0 Å². The molecule has 0 spiro atoms. The summed E-state index contributed by atoms with van der Waals surface area (Å²) in [5.41, 5.74) is 3.15. The van der Waals surface area contributed by atoms with Gasteiger partial charge in [-0.2, -0.15) is 0 Å². The maximum absolute atomic E-state index is 5.61. The minimum Gasteiger partial charge on any atom is -0.491 e. The van der Waals surface area contributed by atoms with Gasteiger partial charge in [0.25, 0.3) is 0 Å². The molecule has 1 aromatic heterocycles. The van der Waals surface area contributed by atoms with E-state index >= 15 is 0 Å². The molecule has 0 unspecified atom stereocenters. The lowest BCUT2D eigenvalue weighted by Gasteiger charge is -2.11. The highest BCUT2D eigenvalue weighted by Gasteiger charge is 1.99. The number of aromatic nitrogens is 1. The molecule has 0 amide bonds. The summed E-state index contributed by atoms with van der Waals surface area (Å²) in [5, 5.41) is 3.35. The van der Waals surface area contributed by atoms with Crippen LogP contribution in [0.5, 0.6) is 5.75 Å². The minimum atomic E-state index is 0.204. The fourth-order valence-electron chi connectivity index (χ4n) is 1.81. The van der Waals surface area contributed by atoms with E-state index in [-0.39, 0.29) is 6.10 Å². The van der Waals surface area contributed by atoms with E-state index in [0.29, 0.717) is 0 Å². The first kappa shape index (κ1) is 13.4. The number of hydrogen-bond donors (Lipinski definition) is 1. The van der Waals surface area contributed by atoms with Crippen LogP contribution in [-0.4, -0.2) is 11.1 Å². The number of hydrogen-bond acceptors (Lipinski definition) is 3. The van der Waals surface area contributed by atoms with E-state index in [0.717, 1.165) is 29.4 Å². The van der Waals surface area contributed by atoms with Crippen molar-refractivity contribution < 1.29 is 4.74 Å². The molecule has 2 aromatic rings. The number of ether oxygens (including phenoxy) is 1. The van der Waals surface area contributed by atoms with Gasteiger partial charge in [-0.1, -0.05) is 6.07 Å². The van der Waals surface area contributed by atoms with Gasteiger partial charge < -0.3 is 10.1 Å². The maximum Gasteiger partial charge on any atom is 0.119 e. The standard InChI is InChI=1S/C16H20N2O/c1-12(2)19-16-9-7-14(8-10-16)17-11-15-6-4-5-13(3)18-15/h4-10,12,17H,11H2,1-3H3. The predicted molar refractivity (Wildman–Crippen MR) is 78.5 cm³/mol. The third-order valence-corrected chi connectivity index (χ3v) is 2.65. The van der Waals surface area contributed by atoms with Gasteiger partial charge in [-0.3, -0.25) is 4.98 Å². The van der Waals surface area contributed by atoms with Crippen molar-refractivity contribution in [3.63, 3.8) is 0 Å². The zero-order valence-electron chi connectivity index (χ0n) is 11.7. The zero-order chi connectivity index (χ0) is 13.7. The Morgan fingerprint density at radius 2 is 1.84 bits per heavy atom. The largest absolute Gasteiger partial charge is 0.491 e. The lowest BCUT2D eigenvalue weighted by atomic mass is 10.2. The molecular formula is C16H20N2O. The lowest BCUT2D eigenvalue weighted by molar-refractivity contribution is 0.242. The summed E-state index contributed by atoms with van der Waals surface area (Å²) in [6.07, 6.45) is 0.204. The monoisotopic (exact) mass is 256 g/mol. The van der Waals surface area contributed by atoms with Gasteiger partial charge in [-0.05, 0) is 57.2 Å². The van der Waals surface area contributed by atoms with Crippen molar-refractivity contribution in [2.24, 2.45) is 0 Å². The average molecular weight is 256 g/mol. The van der Waals surface area contributed by atoms with Crippen LogP contribution >= 0.6 is 0 Å². The smallest absolute Gasteiger partial charge is 0.119 e. The van der Waals surface area contributed by atoms with E-state index in [9.17, 15) is 0 Å². The van der Waals surface area contributed by atoms with Crippen LogP contribution in [0.15, 0.2) is 42.5 Å². The van der Waals surface area contributed by atoms with Crippen LogP contribution in [-0.2, 0) is 6.54 Å². The second kappa shape index (κ2) is 6.23. The molecule has 1 aromatic carbocycles. The van der Waals surface area contributed by atoms with Crippen molar-refractivity contribution in [2.75, 3.05) is 5.32 Å². The predicted octanol–water partition coefficient (Wildman–Crippen LogP) is 3.79.